The van der Waals surface area contributed by atoms with Crippen LogP contribution in [0.15, 0.2) is 6.20 Å². The van der Waals surface area contributed by atoms with E-state index in [9.17, 15) is 0 Å². The number of aromatic amines is 1. The number of imidazole rings is 1. The highest BCUT2D eigenvalue weighted by molar-refractivity contribution is 5.33. The van der Waals surface area contributed by atoms with Crippen molar-refractivity contribution in [2.45, 2.75) is 83.5 Å². The molecule has 0 amide bonds. The number of H-pyrrole nitrogens is 1. The number of hydrogen-bond donors (Lipinski definition) is 1. The van der Waals surface area contributed by atoms with Gasteiger partial charge in [0.2, 0.25) is 0 Å². The first-order valence-corrected chi connectivity index (χ1v) is 8.53. The number of rotatable bonds is 11. The van der Waals surface area contributed by atoms with Gasteiger partial charge in [-0.2, -0.15) is 10.5 Å². The van der Waals surface area contributed by atoms with Gasteiger partial charge < -0.3 is 4.98 Å². The molecule has 0 unspecified atom stereocenters. The lowest BCUT2D eigenvalue weighted by Gasteiger charge is -2.08. The molecule has 1 rings (SSSR count). The minimum atomic E-state index is -1.12. The zero-order valence-corrected chi connectivity index (χ0v) is 14.0. The second kappa shape index (κ2) is 10.0. The van der Waals surface area contributed by atoms with Gasteiger partial charge in [-0.05, 0) is 13.3 Å². The largest absolute Gasteiger partial charge is 0.344 e. The minimum absolute atomic E-state index is 0.600. The first kappa shape index (κ1) is 18.2. The van der Waals surface area contributed by atoms with Gasteiger partial charge in [-0.3, -0.25) is 0 Å². The van der Waals surface area contributed by atoms with Gasteiger partial charge in [0.1, 0.15) is 5.82 Å². The molecule has 0 atom stereocenters. The topological polar surface area (TPSA) is 76.3 Å². The Hall–Kier alpha value is -1.81. The summed E-state index contributed by atoms with van der Waals surface area (Å²) in [5.41, 5.74) is -0.521. The van der Waals surface area contributed by atoms with Crippen molar-refractivity contribution >= 4 is 0 Å². The highest BCUT2D eigenvalue weighted by Gasteiger charge is 2.28. The summed E-state index contributed by atoms with van der Waals surface area (Å²) in [4.78, 5) is 7.41. The van der Waals surface area contributed by atoms with E-state index in [2.05, 4.69) is 16.9 Å². The van der Waals surface area contributed by atoms with Crippen molar-refractivity contribution < 1.29 is 0 Å². The number of unbranched alkanes of at least 4 members (excludes halogenated alkanes) is 8. The Balaban J connectivity index is 2.18. The Bertz CT molecular complexity index is 490. The first-order chi connectivity index (χ1) is 10.7. The van der Waals surface area contributed by atoms with Gasteiger partial charge in [-0.15, -0.1) is 0 Å². The average molecular weight is 300 g/mol. The number of hydrogen-bond acceptors (Lipinski definition) is 3. The quantitative estimate of drug-likeness (QED) is 0.597. The minimum Gasteiger partial charge on any atom is -0.344 e. The maximum atomic E-state index is 9.08. The molecule has 1 aromatic heterocycles. The molecule has 4 nitrogen and oxygen atoms in total. The van der Waals surface area contributed by atoms with Crippen LogP contribution in [0.3, 0.4) is 0 Å². The molecule has 120 valence electrons. The van der Waals surface area contributed by atoms with Crippen molar-refractivity contribution in [3.63, 3.8) is 0 Å². The highest BCUT2D eigenvalue weighted by atomic mass is 14.9. The molecule has 0 aromatic carbocycles. The van der Waals surface area contributed by atoms with Gasteiger partial charge in [0.05, 0.1) is 24.0 Å². The molecule has 1 aromatic rings. The number of nitrogens with one attached hydrogen (secondary N) is 1. The van der Waals surface area contributed by atoms with Crippen LogP contribution in [0.25, 0.3) is 0 Å². The molecule has 0 aliphatic heterocycles. The van der Waals surface area contributed by atoms with Gasteiger partial charge in [-0.1, -0.05) is 58.3 Å². The summed E-state index contributed by atoms with van der Waals surface area (Å²) in [5.74, 6) is 0.884. The van der Waals surface area contributed by atoms with Gasteiger partial charge in [0, 0.05) is 6.42 Å². The van der Waals surface area contributed by atoms with E-state index in [4.69, 9.17) is 10.5 Å². The fourth-order valence-electron chi connectivity index (χ4n) is 2.49. The zero-order chi connectivity index (χ0) is 16.3. The molecule has 0 radical (unpaired) electrons. The molecule has 0 fully saturated rings. The van der Waals surface area contributed by atoms with E-state index >= 15 is 0 Å². The van der Waals surface area contributed by atoms with Gasteiger partial charge in [-0.25, -0.2) is 4.98 Å². The van der Waals surface area contributed by atoms with Crippen molar-refractivity contribution in [1.29, 1.82) is 10.5 Å². The Kier molecular flexibility index (Phi) is 8.30. The predicted molar refractivity (Wildman–Crippen MR) is 88.1 cm³/mol. The molecular formula is C18H28N4. The van der Waals surface area contributed by atoms with Crippen LogP contribution in [-0.2, 0) is 11.8 Å². The second-order valence-corrected chi connectivity index (χ2v) is 6.17. The number of nitriles is 2. The summed E-state index contributed by atoms with van der Waals surface area (Å²) < 4.78 is 0. The maximum Gasteiger partial charge on any atom is 0.181 e. The standard InChI is InChI=1S/C18H28N4/c1-3-4-5-6-7-8-9-10-11-12-17-21-13-16(22-17)18(2,14-19)15-20/h13H,3-12H2,1-2H3,(H,21,22). The molecule has 4 heteroatoms. The Labute approximate surface area is 134 Å². The van der Waals surface area contributed by atoms with Gasteiger partial charge in [0.15, 0.2) is 5.41 Å². The fraction of sp³-hybridized carbons (Fsp3) is 0.722. The molecule has 22 heavy (non-hydrogen) atoms. The third-order valence-corrected chi connectivity index (χ3v) is 4.13. The monoisotopic (exact) mass is 300 g/mol. The molecule has 1 N–H and O–H groups in total. The molecular weight excluding hydrogens is 272 g/mol. The smallest absolute Gasteiger partial charge is 0.181 e. The van der Waals surface area contributed by atoms with E-state index in [0.29, 0.717) is 5.69 Å². The van der Waals surface area contributed by atoms with Gasteiger partial charge >= 0.3 is 0 Å². The van der Waals surface area contributed by atoms with Crippen molar-refractivity contribution in [3.8, 4) is 12.1 Å². The summed E-state index contributed by atoms with van der Waals surface area (Å²) in [6.45, 7) is 3.86. The third kappa shape index (κ3) is 5.90. The van der Waals surface area contributed by atoms with E-state index in [1.165, 1.54) is 51.4 Å². The van der Waals surface area contributed by atoms with Crippen molar-refractivity contribution in [2.24, 2.45) is 0 Å². The summed E-state index contributed by atoms with van der Waals surface area (Å²) >= 11 is 0. The van der Waals surface area contributed by atoms with Crippen LogP contribution in [0.5, 0.6) is 0 Å². The highest BCUT2D eigenvalue weighted by Crippen LogP contribution is 2.20. The fourth-order valence-corrected chi connectivity index (χ4v) is 2.49. The van der Waals surface area contributed by atoms with E-state index in [0.717, 1.165) is 18.7 Å². The SMILES string of the molecule is CCCCCCCCCCCc1ncc(C(C)(C#N)C#N)[nH]1. The van der Waals surface area contributed by atoms with Crippen LogP contribution >= 0.6 is 0 Å². The van der Waals surface area contributed by atoms with Crippen molar-refractivity contribution in [2.75, 3.05) is 0 Å². The van der Waals surface area contributed by atoms with Crippen LogP contribution in [0.1, 0.15) is 83.2 Å². The number of nitrogens with zero attached hydrogens (tertiary/aromatic N) is 3. The van der Waals surface area contributed by atoms with Crippen LogP contribution < -0.4 is 0 Å². The van der Waals surface area contributed by atoms with Gasteiger partial charge in [0.25, 0.3) is 0 Å². The summed E-state index contributed by atoms with van der Waals surface area (Å²) in [6.07, 6.45) is 14.2. The second-order valence-electron chi connectivity index (χ2n) is 6.17. The molecule has 0 aliphatic carbocycles. The van der Waals surface area contributed by atoms with Crippen molar-refractivity contribution in [3.05, 3.63) is 17.7 Å². The Morgan fingerprint density at radius 2 is 1.55 bits per heavy atom. The lowest BCUT2D eigenvalue weighted by molar-refractivity contribution is 0.562. The van der Waals surface area contributed by atoms with Crippen LogP contribution in [-0.4, -0.2) is 9.97 Å². The van der Waals surface area contributed by atoms with Crippen LogP contribution in [0.4, 0.5) is 0 Å². The Morgan fingerprint density at radius 3 is 2.09 bits per heavy atom. The van der Waals surface area contributed by atoms with E-state index < -0.39 is 5.41 Å². The summed E-state index contributed by atoms with van der Waals surface area (Å²) in [5, 5.41) is 18.2. The maximum absolute atomic E-state index is 9.08. The molecule has 0 aliphatic rings. The third-order valence-electron chi connectivity index (χ3n) is 4.13. The lowest BCUT2D eigenvalue weighted by atomic mass is 9.91. The molecule has 0 bridgehead atoms. The summed E-state index contributed by atoms with van der Waals surface area (Å²) in [7, 11) is 0. The van der Waals surface area contributed by atoms with Crippen LogP contribution in [0.2, 0.25) is 0 Å². The first-order valence-electron chi connectivity index (χ1n) is 8.53. The average Bonchev–Trinajstić information content (AvgIpc) is 3.02. The summed E-state index contributed by atoms with van der Waals surface area (Å²) in [6, 6.07) is 4.06. The molecule has 0 spiro atoms. The zero-order valence-electron chi connectivity index (χ0n) is 14.0. The number of aromatic nitrogens is 2. The number of aryl methyl sites for hydroxylation is 1. The van der Waals surface area contributed by atoms with E-state index in [1.807, 2.05) is 12.1 Å². The molecule has 0 saturated carbocycles. The van der Waals surface area contributed by atoms with Crippen LogP contribution in [0, 0.1) is 22.7 Å². The molecule has 1 heterocycles. The normalized spacial score (nSPS) is 11.1. The van der Waals surface area contributed by atoms with E-state index in [1.54, 1.807) is 13.1 Å². The Morgan fingerprint density at radius 1 is 1.00 bits per heavy atom. The predicted octanol–water partition coefficient (Wildman–Crippen LogP) is 4.79. The van der Waals surface area contributed by atoms with Crippen molar-refractivity contribution in [1.82, 2.24) is 9.97 Å². The molecule has 0 saturated heterocycles. The van der Waals surface area contributed by atoms with E-state index in [-0.39, 0.29) is 0 Å². The lowest BCUT2D eigenvalue weighted by Crippen LogP contribution is -2.17.